The topological polar surface area (TPSA) is 26.3 Å². The predicted molar refractivity (Wildman–Crippen MR) is 251 cm³/mol. The number of unbranched alkanes of at least 4 members (excludes halogenated alkanes) is 22. The maximum atomic E-state index is 13.3. The van der Waals surface area contributed by atoms with Crippen molar-refractivity contribution in [3.8, 4) is 0 Å². The summed E-state index contributed by atoms with van der Waals surface area (Å²) in [5, 5.41) is 0. The fraction of sp³-hybridized carbons (Fsp3) is 0.946. The summed E-state index contributed by atoms with van der Waals surface area (Å²) in [6, 6.07) is 0. The van der Waals surface area contributed by atoms with E-state index in [9.17, 15) is 4.79 Å². The Morgan fingerprint density at radius 2 is 1.03 bits per heavy atom. The van der Waals surface area contributed by atoms with E-state index < -0.39 is 0 Å². The van der Waals surface area contributed by atoms with Crippen LogP contribution in [0, 0.1) is 56.7 Å². The quantitative estimate of drug-likeness (QED) is 0.0494. The first-order valence-corrected chi connectivity index (χ1v) is 26.6. The molecule has 5 aliphatic rings. The van der Waals surface area contributed by atoms with Gasteiger partial charge in [-0.2, -0.15) is 0 Å². The van der Waals surface area contributed by atoms with E-state index in [0.717, 1.165) is 36.5 Å². The molecule has 0 saturated heterocycles. The molecular formula is C56H100O2. The first-order chi connectivity index (χ1) is 27.7. The van der Waals surface area contributed by atoms with Gasteiger partial charge in [0.25, 0.3) is 0 Å². The SMILES string of the molecule is C=C(C)[C@@H]1CC[C@]2(C)CC[C@]3(C)[C@H](CC[C@@H]4[C@@]5(C)CC[C@H](OC(=O)CCCCCCCCCCCCCCCCCCCCCCCCC)C(C)(C)[C@@H]5CC[C@]43C)[C@@H]12. The number of hydrogen-bond donors (Lipinski definition) is 0. The van der Waals surface area contributed by atoms with Crippen molar-refractivity contribution in [2.75, 3.05) is 0 Å². The van der Waals surface area contributed by atoms with Gasteiger partial charge in [-0.05, 0) is 129 Å². The highest BCUT2D eigenvalue weighted by Gasteiger charge is 2.70. The minimum atomic E-state index is 0.0375. The molecule has 0 spiro atoms. The molecule has 0 heterocycles. The minimum absolute atomic E-state index is 0.0375. The lowest BCUT2D eigenvalue weighted by Gasteiger charge is -2.73. The number of ether oxygens (including phenoxy) is 1. The van der Waals surface area contributed by atoms with Crippen LogP contribution in [0.15, 0.2) is 12.2 Å². The third-order valence-electron chi connectivity index (χ3n) is 19.7. The zero-order valence-corrected chi connectivity index (χ0v) is 40.5. The Morgan fingerprint density at radius 3 is 1.53 bits per heavy atom. The van der Waals surface area contributed by atoms with Crippen LogP contribution < -0.4 is 0 Å². The molecule has 5 rings (SSSR count). The van der Waals surface area contributed by atoms with Crippen LogP contribution in [0.4, 0.5) is 0 Å². The van der Waals surface area contributed by atoms with Crippen molar-refractivity contribution < 1.29 is 9.53 Å². The lowest BCUT2D eigenvalue weighted by atomic mass is 9.32. The number of hydrogen-bond acceptors (Lipinski definition) is 2. The fourth-order valence-corrected chi connectivity index (χ4v) is 16.0. The van der Waals surface area contributed by atoms with Crippen molar-refractivity contribution in [3.05, 3.63) is 12.2 Å². The lowest BCUT2D eigenvalue weighted by molar-refractivity contribution is -0.249. The molecule has 2 nitrogen and oxygen atoms in total. The van der Waals surface area contributed by atoms with E-state index in [1.807, 2.05) is 0 Å². The number of carbonyl (C=O) groups is 1. The van der Waals surface area contributed by atoms with Gasteiger partial charge in [-0.3, -0.25) is 4.79 Å². The van der Waals surface area contributed by atoms with Crippen molar-refractivity contribution in [1.82, 2.24) is 0 Å². The molecule has 0 aromatic heterocycles. The van der Waals surface area contributed by atoms with Crippen LogP contribution in [0.1, 0.15) is 274 Å². The van der Waals surface area contributed by atoms with E-state index in [1.165, 1.54) is 205 Å². The second kappa shape index (κ2) is 22.0. The highest BCUT2D eigenvalue weighted by Crippen LogP contribution is 2.77. The summed E-state index contributed by atoms with van der Waals surface area (Å²) in [7, 11) is 0. The molecule has 2 heteroatoms. The van der Waals surface area contributed by atoms with E-state index in [-0.39, 0.29) is 17.5 Å². The van der Waals surface area contributed by atoms with Crippen molar-refractivity contribution in [2.24, 2.45) is 56.7 Å². The van der Waals surface area contributed by atoms with Gasteiger partial charge in [0, 0.05) is 11.8 Å². The molecule has 5 fully saturated rings. The molecule has 0 aliphatic heterocycles. The van der Waals surface area contributed by atoms with E-state index in [0.29, 0.717) is 34.0 Å². The highest BCUT2D eigenvalue weighted by molar-refractivity contribution is 5.69. The maximum Gasteiger partial charge on any atom is 0.306 e. The van der Waals surface area contributed by atoms with Gasteiger partial charge in [0.15, 0.2) is 0 Å². The van der Waals surface area contributed by atoms with Crippen LogP contribution in [-0.4, -0.2) is 12.1 Å². The van der Waals surface area contributed by atoms with Gasteiger partial charge in [0.1, 0.15) is 6.10 Å². The molecule has 58 heavy (non-hydrogen) atoms. The number of fused-ring (bicyclic) bond motifs is 7. The molecular weight excluding hydrogens is 705 g/mol. The van der Waals surface area contributed by atoms with Crippen LogP contribution >= 0.6 is 0 Å². The summed E-state index contributed by atoms with van der Waals surface area (Å²) in [4.78, 5) is 13.3. The van der Waals surface area contributed by atoms with Crippen molar-refractivity contribution in [2.45, 2.75) is 280 Å². The highest BCUT2D eigenvalue weighted by atomic mass is 16.5. The van der Waals surface area contributed by atoms with Gasteiger partial charge < -0.3 is 4.74 Å². The molecule has 0 amide bonds. The average molecular weight is 805 g/mol. The van der Waals surface area contributed by atoms with Crippen LogP contribution in [0.25, 0.3) is 0 Å². The molecule has 0 aromatic carbocycles. The lowest BCUT2D eigenvalue weighted by Crippen LogP contribution is -2.66. The summed E-state index contributed by atoms with van der Waals surface area (Å²) in [5.41, 5.74) is 3.17. The van der Waals surface area contributed by atoms with Gasteiger partial charge in [-0.15, -0.1) is 0 Å². The first-order valence-electron chi connectivity index (χ1n) is 26.6. The second-order valence-corrected chi connectivity index (χ2v) is 23.7. The molecule has 5 aliphatic carbocycles. The van der Waals surface area contributed by atoms with E-state index in [4.69, 9.17) is 4.74 Å². The van der Waals surface area contributed by atoms with Crippen molar-refractivity contribution in [3.63, 3.8) is 0 Å². The van der Waals surface area contributed by atoms with Crippen LogP contribution in [0.5, 0.6) is 0 Å². The van der Waals surface area contributed by atoms with Crippen molar-refractivity contribution in [1.29, 1.82) is 0 Å². The summed E-state index contributed by atoms with van der Waals surface area (Å²) in [5.74, 6) is 3.89. The largest absolute Gasteiger partial charge is 0.462 e. The molecule has 10 atom stereocenters. The Balaban J connectivity index is 0.917. The van der Waals surface area contributed by atoms with E-state index in [1.54, 1.807) is 0 Å². The second-order valence-electron chi connectivity index (χ2n) is 23.7. The number of allylic oxidation sites excluding steroid dienone is 1. The van der Waals surface area contributed by atoms with Gasteiger partial charge in [0.2, 0.25) is 0 Å². The van der Waals surface area contributed by atoms with Crippen LogP contribution in [0.3, 0.4) is 0 Å². The summed E-state index contributed by atoms with van der Waals surface area (Å²) < 4.78 is 6.46. The summed E-state index contributed by atoms with van der Waals surface area (Å²) in [6.45, 7) is 25.0. The standard InChI is InChI=1S/C56H100O2/c1-10-11-12-13-14-15-16-17-18-19-20-21-22-23-24-25-26-27-28-29-30-31-32-33-50(57)58-49-38-40-54(7)47(52(49,4)5)37-41-56(9)48(54)35-34-46-51-45(44(2)3)36-39-53(51,6)42-43-55(46,56)8/h45-49,51H,2,10-43H2,1,3-9H3/t45-,46+,47-,48+,49-,51+,53+,54-,55+,56+/m0/s1. The van der Waals surface area contributed by atoms with Gasteiger partial charge in [0.05, 0.1) is 0 Å². The van der Waals surface area contributed by atoms with E-state index in [2.05, 4.69) is 62.0 Å². The number of esters is 1. The maximum absolute atomic E-state index is 13.3. The zero-order chi connectivity index (χ0) is 41.9. The Kier molecular flexibility index (Phi) is 18.3. The molecule has 0 N–H and O–H groups in total. The Labute approximate surface area is 362 Å². The first kappa shape index (κ1) is 48.2. The van der Waals surface area contributed by atoms with Crippen molar-refractivity contribution >= 4 is 5.97 Å². The van der Waals surface area contributed by atoms with Crippen LogP contribution in [0.2, 0.25) is 0 Å². The molecule has 0 aromatic rings. The zero-order valence-electron chi connectivity index (χ0n) is 40.5. The Hall–Kier alpha value is -0.790. The van der Waals surface area contributed by atoms with E-state index >= 15 is 0 Å². The molecule has 0 radical (unpaired) electrons. The molecule has 336 valence electrons. The van der Waals surface area contributed by atoms with Gasteiger partial charge >= 0.3 is 5.97 Å². The third kappa shape index (κ3) is 11.0. The van der Waals surface area contributed by atoms with Gasteiger partial charge in [-0.25, -0.2) is 0 Å². The molecule has 0 unspecified atom stereocenters. The number of rotatable bonds is 26. The van der Waals surface area contributed by atoms with Gasteiger partial charge in [-0.1, -0.05) is 202 Å². The average Bonchev–Trinajstić information content (AvgIpc) is 3.54. The predicted octanol–water partition coefficient (Wildman–Crippen LogP) is 18.0. The Bertz CT molecular complexity index is 1250. The minimum Gasteiger partial charge on any atom is -0.462 e. The molecule has 5 saturated carbocycles. The summed E-state index contributed by atoms with van der Waals surface area (Å²) >= 11 is 0. The Morgan fingerprint density at radius 1 is 0.534 bits per heavy atom. The fourth-order valence-electron chi connectivity index (χ4n) is 16.0. The molecule has 0 bridgehead atoms. The monoisotopic (exact) mass is 805 g/mol. The summed E-state index contributed by atoms with van der Waals surface area (Å²) in [6.07, 6.45) is 46.2. The third-order valence-corrected chi connectivity index (χ3v) is 19.7. The number of carbonyl (C=O) groups excluding carboxylic acids is 1. The van der Waals surface area contributed by atoms with Crippen LogP contribution in [-0.2, 0) is 9.53 Å². The normalized spacial score (nSPS) is 36.4. The smallest absolute Gasteiger partial charge is 0.306 e.